The molecule has 0 saturated heterocycles. The number of nitrogens with one attached hydrogen (secondary N) is 1. The van der Waals surface area contributed by atoms with E-state index in [1.54, 1.807) is 36.7 Å². The molecule has 2 aliphatic rings. The molecule has 1 atom stereocenters. The van der Waals surface area contributed by atoms with Crippen molar-refractivity contribution in [2.24, 2.45) is 11.7 Å². The highest BCUT2D eigenvalue weighted by Crippen LogP contribution is 2.40. The minimum Gasteiger partial charge on any atom is -0.454 e. The molecule has 0 aliphatic heterocycles. The molecule has 2 amide bonds. The van der Waals surface area contributed by atoms with Gasteiger partial charge in [-0.15, -0.1) is 0 Å². The summed E-state index contributed by atoms with van der Waals surface area (Å²) in [5.41, 5.74) is 4.42. The van der Waals surface area contributed by atoms with Gasteiger partial charge in [-0.25, -0.2) is 27.5 Å². The fraction of sp³-hybridized carbons (Fsp3) is 0.455. The Morgan fingerprint density at radius 1 is 1.18 bits per heavy atom. The Labute approximate surface area is 192 Å². The van der Waals surface area contributed by atoms with Crippen molar-refractivity contribution in [1.82, 2.24) is 19.6 Å². The van der Waals surface area contributed by atoms with Crippen LogP contribution in [0.5, 0.6) is 11.5 Å². The summed E-state index contributed by atoms with van der Waals surface area (Å²) in [7, 11) is -2.42. The third kappa shape index (κ3) is 5.66. The van der Waals surface area contributed by atoms with E-state index in [2.05, 4.69) is 15.3 Å². The van der Waals surface area contributed by atoms with E-state index in [4.69, 9.17) is 10.5 Å². The first kappa shape index (κ1) is 23.1. The normalized spacial score (nSPS) is 17.9. The third-order valence-corrected chi connectivity index (χ3v) is 7.84. The van der Waals surface area contributed by atoms with Gasteiger partial charge in [0.2, 0.25) is 10.0 Å². The molecule has 0 radical (unpaired) electrons. The van der Waals surface area contributed by atoms with E-state index in [9.17, 15) is 18.0 Å². The summed E-state index contributed by atoms with van der Waals surface area (Å²) >= 11 is 0. The molecule has 2 aliphatic carbocycles. The molecule has 11 heteroatoms. The zero-order chi connectivity index (χ0) is 23.6. The lowest BCUT2D eigenvalue weighted by molar-refractivity contribution is -0.113. The maximum absolute atomic E-state index is 12.9. The lowest BCUT2D eigenvalue weighted by Gasteiger charge is -2.30. The van der Waals surface area contributed by atoms with Crippen molar-refractivity contribution in [2.75, 3.05) is 12.8 Å². The molecule has 2 aromatic rings. The first-order chi connectivity index (χ1) is 15.7. The van der Waals surface area contributed by atoms with Gasteiger partial charge in [0, 0.05) is 19.5 Å². The van der Waals surface area contributed by atoms with Crippen molar-refractivity contribution in [3.05, 3.63) is 48.0 Å². The van der Waals surface area contributed by atoms with Crippen molar-refractivity contribution in [2.45, 2.75) is 43.7 Å². The van der Waals surface area contributed by atoms with E-state index >= 15 is 0 Å². The highest BCUT2D eigenvalue weighted by atomic mass is 32.2. The monoisotopic (exact) mass is 473 g/mol. The number of carbonyl (C=O) groups excluding carboxylic acids is 2. The summed E-state index contributed by atoms with van der Waals surface area (Å²) in [4.78, 5) is 31.8. The maximum atomic E-state index is 12.9. The summed E-state index contributed by atoms with van der Waals surface area (Å²) in [6, 6.07) is 6.07. The zero-order valence-electron chi connectivity index (χ0n) is 18.3. The SMILES string of the molecule is CN(Cc1ccc(Oc2cnc(C3CC3)nc2)cc1)S(=O)(=O)C[C@](C=O)(NC(N)=O)C1CC1. The van der Waals surface area contributed by atoms with E-state index in [0.29, 0.717) is 36.5 Å². The number of nitrogens with two attached hydrogens (primary N) is 1. The van der Waals surface area contributed by atoms with Gasteiger partial charge in [0.1, 0.15) is 23.4 Å². The smallest absolute Gasteiger partial charge is 0.313 e. The first-order valence-corrected chi connectivity index (χ1v) is 12.4. The van der Waals surface area contributed by atoms with Crippen LogP contribution >= 0.6 is 0 Å². The van der Waals surface area contributed by atoms with E-state index < -0.39 is 27.3 Å². The number of aldehydes is 1. The number of primary amides is 1. The Kier molecular flexibility index (Phi) is 6.35. The second kappa shape index (κ2) is 9.06. The van der Waals surface area contributed by atoms with Gasteiger partial charge in [0.15, 0.2) is 5.75 Å². The number of amides is 2. The summed E-state index contributed by atoms with van der Waals surface area (Å²) in [5, 5.41) is 2.36. The van der Waals surface area contributed by atoms with Crippen LogP contribution in [0.25, 0.3) is 0 Å². The van der Waals surface area contributed by atoms with Crippen LogP contribution in [0.2, 0.25) is 0 Å². The summed E-state index contributed by atoms with van der Waals surface area (Å²) < 4.78 is 32.8. The average Bonchev–Trinajstić information content (AvgIpc) is 3.67. The van der Waals surface area contributed by atoms with Gasteiger partial charge in [0.25, 0.3) is 0 Å². The molecule has 2 fully saturated rings. The van der Waals surface area contributed by atoms with Gasteiger partial charge in [0.05, 0.1) is 18.1 Å². The standard InChI is InChI=1S/C22H27N5O5S/c1-27(33(30,31)14-22(13-28,17-6-7-17)26-21(23)29)12-15-2-8-18(9-3-15)32-19-10-24-20(25-11-19)16-4-5-16/h2-3,8-11,13,16-17H,4-7,12,14H2,1H3,(H3,23,26,29)/t22-/m0/s1. The number of carbonyl (C=O) groups is 2. The van der Waals surface area contributed by atoms with E-state index in [1.807, 2.05) is 0 Å². The Morgan fingerprint density at radius 2 is 1.82 bits per heavy atom. The van der Waals surface area contributed by atoms with Gasteiger partial charge < -0.3 is 20.6 Å². The fourth-order valence-electron chi connectivity index (χ4n) is 3.74. The van der Waals surface area contributed by atoms with Crippen LogP contribution < -0.4 is 15.8 Å². The molecular formula is C22H27N5O5S. The highest BCUT2D eigenvalue weighted by molar-refractivity contribution is 7.89. The van der Waals surface area contributed by atoms with Gasteiger partial charge in [-0.1, -0.05) is 12.1 Å². The molecule has 1 aromatic carbocycles. The molecule has 3 N–H and O–H groups in total. The molecule has 4 rings (SSSR count). The number of urea groups is 1. The topological polar surface area (TPSA) is 145 Å². The number of nitrogens with zero attached hydrogens (tertiary/aromatic N) is 3. The lowest BCUT2D eigenvalue weighted by atomic mass is 9.98. The number of aromatic nitrogens is 2. The number of benzene rings is 1. The number of ether oxygens (including phenoxy) is 1. The van der Waals surface area contributed by atoms with E-state index in [1.165, 1.54) is 7.05 Å². The molecule has 0 unspecified atom stereocenters. The lowest BCUT2D eigenvalue weighted by Crippen LogP contribution is -2.59. The highest BCUT2D eigenvalue weighted by Gasteiger charge is 2.49. The van der Waals surface area contributed by atoms with Gasteiger partial charge in [-0.2, -0.15) is 0 Å². The molecule has 1 aromatic heterocycles. The molecule has 176 valence electrons. The summed E-state index contributed by atoms with van der Waals surface area (Å²) in [5.74, 6) is 1.65. The first-order valence-electron chi connectivity index (χ1n) is 10.8. The Hall–Kier alpha value is -3.05. The van der Waals surface area contributed by atoms with E-state index in [0.717, 1.165) is 28.5 Å². The van der Waals surface area contributed by atoms with Crippen LogP contribution in [0, 0.1) is 5.92 Å². The quantitative estimate of drug-likeness (QED) is 0.474. The molecule has 10 nitrogen and oxygen atoms in total. The second-order valence-electron chi connectivity index (χ2n) is 8.73. The van der Waals surface area contributed by atoms with Crippen molar-refractivity contribution in [1.29, 1.82) is 0 Å². The summed E-state index contributed by atoms with van der Waals surface area (Å²) in [6.07, 6.45) is 7.37. The van der Waals surface area contributed by atoms with Crippen molar-refractivity contribution in [3.8, 4) is 11.5 Å². The van der Waals surface area contributed by atoms with Crippen LogP contribution in [-0.4, -0.2) is 53.3 Å². The Balaban J connectivity index is 1.38. The van der Waals surface area contributed by atoms with Crippen LogP contribution in [0.1, 0.15) is 43.0 Å². The number of hydrogen-bond donors (Lipinski definition) is 2. The van der Waals surface area contributed by atoms with Crippen LogP contribution in [0.15, 0.2) is 36.7 Å². The van der Waals surface area contributed by atoms with Crippen LogP contribution in [0.3, 0.4) is 0 Å². The summed E-state index contributed by atoms with van der Waals surface area (Å²) in [6.45, 7) is 0.0952. The Bertz CT molecular complexity index is 1110. The molecule has 0 bridgehead atoms. The van der Waals surface area contributed by atoms with Crippen LogP contribution in [-0.2, 0) is 21.4 Å². The molecule has 1 heterocycles. The number of sulfonamides is 1. The van der Waals surface area contributed by atoms with Crippen molar-refractivity contribution in [3.63, 3.8) is 0 Å². The van der Waals surface area contributed by atoms with Crippen molar-refractivity contribution < 1.29 is 22.7 Å². The van der Waals surface area contributed by atoms with Crippen LogP contribution in [0.4, 0.5) is 4.79 Å². The van der Waals surface area contributed by atoms with Gasteiger partial charge in [-0.3, -0.25) is 0 Å². The minimum absolute atomic E-state index is 0.0952. The second-order valence-corrected chi connectivity index (χ2v) is 10.8. The predicted octanol–water partition coefficient (Wildman–Crippen LogP) is 1.92. The molecule has 0 spiro atoms. The molecule has 33 heavy (non-hydrogen) atoms. The predicted molar refractivity (Wildman–Crippen MR) is 120 cm³/mol. The zero-order valence-corrected chi connectivity index (χ0v) is 19.1. The minimum atomic E-state index is -3.86. The maximum Gasteiger partial charge on any atom is 0.313 e. The molecule has 2 saturated carbocycles. The van der Waals surface area contributed by atoms with Gasteiger partial charge >= 0.3 is 6.03 Å². The largest absolute Gasteiger partial charge is 0.454 e. The van der Waals surface area contributed by atoms with Crippen molar-refractivity contribution >= 4 is 22.3 Å². The number of rotatable bonds is 11. The Morgan fingerprint density at radius 3 is 2.33 bits per heavy atom. The number of hydrogen-bond acceptors (Lipinski definition) is 7. The van der Waals surface area contributed by atoms with E-state index in [-0.39, 0.29) is 12.5 Å². The average molecular weight is 474 g/mol. The molecular weight excluding hydrogens is 446 g/mol. The fourth-order valence-corrected chi connectivity index (χ4v) is 5.29. The third-order valence-electron chi connectivity index (χ3n) is 5.92. The van der Waals surface area contributed by atoms with Gasteiger partial charge in [-0.05, 0) is 49.3 Å².